The van der Waals surface area contributed by atoms with Crippen LogP contribution in [0.3, 0.4) is 0 Å². The van der Waals surface area contributed by atoms with Crippen LogP contribution < -0.4 is 14.9 Å². The van der Waals surface area contributed by atoms with Gasteiger partial charge in [0.25, 0.3) is 5.91 Å². The summed E-state index contributed by atoms with van der Waals surface area (Å²) in [6, 6.07) is 22.0. The van der Waals surface area contributed by atoms with E-state index in [1.165, 1.54) is 0 Å². The molecule has 0 saturated carbocycles. The minimum absolute atomic E-state index is 0.284. The minimum atomic E-state index is -0.382. The third kappa shape index (κ3) is 4.87. The molecular weight excluding hydrogens is 426 g/mol. The van der Waals surface area contributed by atoms with Crippen molar-refractivity contribution >= 4 is 34.6 Å². The van der Waals surface area contributed by atoms with Gasteiger partial charge in [0.15, 0.2) is 0 Å². The fourth-order valence-electron chi connectivity index (χ4n) is 3.21. The molecule has 0 aliphatic carbocycles. The molecule has 7 heteroatoms. The first-order valence-electron chi connectivity index (χ1n) is 9.87. The average molecular weight is 446 g/mol. The van der Waals surface area contributed by atoms with E-state index < -0.39 is 0 Å². The molecule has 1 heterocycles. The number of pyridine rings is 1. The monoisotopic (exact) mass is 445 g/mol. The van der Waals surface area contributed by atoms with Crippen molar-refractivity contribution in [1.82, 2.24) is 10.4 Å². The van der Waals surface area contributed by atoms with Crippen LogP contribution in [-0.2, 0) is 6.61 Å². The Hall–Kier alpha value is -3.90. The maximum Gasteiger partial charge on any atom is 0.272 e. The van der Waals surface area contributed by atoms with Crippen LogP contribution in [0.4, 0.5) is 0 Å². The SMILES string of the molecule is COc1ccc(/C=N/NC(=O)c2ccccc2Cl)cc1COc1cccc2cccnc12. The van der Waals surface area contributed by atoms with Gasteiger partial charge in [-0.25, -0.2) is 5.43 Å². The molecule has 6 nitrogen and oxygen atoms in total. The number of nitrogens with one attached hydrogen (secondary N) is 1. The van der Waals surface area contributed by atoms with Gasteiger partial charge < -0.3 is 9.47 Å². The van der Waals surface area contributed by atoms with Gasteiger partial charge in [0.1, 0.15) is 23.6 Å². The molecule has 1 aromatic heterocycles. The number of hydrogen-bond donors (Lipinski definition) is 1. The van der Waals surface area contributed by atoms with Gasteiger partial charge in [-0.2, -0.15) is 5.10 Å². The molecule has 160 valence electrons. The van der Waals surface area contributed by atoms with Crippen LogP contribution in [0, 0.1) is 0 Å². The first-order valence-corrected chi connectivity index (χ1v) is 10.2. The van der Waals surface area contributed by atoms with Crippen molar-refractivity contribution in [3.05, 3.63) is 101 Å². The Labute approximate surface area is 190 Å². The summed E-state index contributed by atoms with van der Waals surface area (Å²) in [7, 11) is 1.61. The van der Waals surface area contributed by atoms with Crippen molar-refractivity contribution in [3.8, 4) is 11.5 Å². The van der Waals surface area contributed by atoms with E-state index in [1.54, 1.807) is 43.8 Å². The van der Waals surface area contributed by atoms with Gasteiger partial charge in [-0.3, -0.25) is 9.78 Å². The third-order valence-corrected chi connectivity index (χ3v) is 5.11. The van der Waals surface area contributed by atoms with E-state index in [-0.39, 0.29) is 12.5 Å². The Morgan fingerprint density at radius 2 is 1.91 bits per heavy atom. The van der Waals surface area contributed by atoms with Gasteiger partial charge >= 0.3 is 0 Å². The zero-order valence-corrected chi connectivity index (χ0v) is 18.0. The number of para-hydroxylation sites is 1. The Morgan fingerprint density at radius 3 is 2.75 bits per heavy atom. The standard InChI is InChI=1S/C25H20ClN3O3/c1-31-22-12-11-17(15-28-29-25(30)20-8-2-3-9-21(20)26)14-19(22)16-32-23-10-4-6-18-7-5-13-27-24(18)23/h2-15H,16H2,1H3,(H,29,30)/b28-15+. The van der Waals surface area contributed by atoms with Gasteiger partial charge in [-0.1, -0.05) is 41.9 Å². The molecule has 32 heavy (non-hydrogen) atoms. The Morgan fingerprint density at radius 1 is 1.06 bits per heavy atom. The summed E-state index contributed by atoms with van der Waals surface area (Å²) < 4.78 is 11.5. The maximum absolute atomic E-state index is 12.2. The van der Waals surface area contributed by atoms with Crippen LogP contribution in [0.15, 0.2) is 84.1 Å². The second kappa shape index (κ2) is 9.94. The normalized spacial score (nSPS) is 10.9. The second-order valence-electron chi connectivity index (χ2n) is 6.87. The molecule has 3 aromatic carbocycles. The summed E-state index contributed by atoms with van der Waals surface area (Å²) in [6.45, 7) is 0.284. The molecular formula is C25H20ClN3O3. The highest BCUT2D eigenvalue weighted by molar-refractivity contribution is 6.33. The van der Waals surface area contributed by atoms with Crippen molar-refractivity contribution in [2.45, 2.75) is 6.61 Å². The first-order chi connectivity index (χ1) is 15.7. The van der Waals surface area contributed by atoms with Crippen LogP contribution in [0.1, 0.15) is 21.5 Å². The molecule has 0 fully saturated rings. The number of ether oxygens (including phenoxy) is 2. The number of benzene rings is 3. The highest BCUT2D eigenvalue weighted by Gasteiger charge is 2.09. The van der Waals surface area contributed by atoms with Gasteiger partial charge in [0, 0.05) is 17.1 Å². The highest BCUT2D eigenvalue weighted by Crippen LogP contribution is 2.26. The third-order valence-electron chi connectivity index (χ3n) is 4.78. The summed E-state index contributed by atoms with van der Waals surface area (Å²) in [6.07, 6.45) is 3.29. The number of nitrogens with zero attached hydrogens (tertiary/aromatic N) is 2. The lowest BCUT2D eigenvalue weighted by atomic mass is 10.1. The quantitative estimate of drug-likeness (QED) is 0.312. The molecule has 1 amide bonds. The van der Waals surface area contributed by atoms with E-state index in [4.69, 9.17) is 21.1 Å². The maximum atomic E-state index is 12.2. The smallest absolute Gasteiger partial charge is 0.272 e. The van der Waals surface area contributed by atoms with E-state index >= 15 is 0 Å². The summed E-state index contributed by atoms with van der Waals surface area (Å²) in [4.78, 5) is 16.6. The molecule has 0 atom stereocenters. The van der Waals surface area contributed by atoms with Gasteiger partial charge in [-0.05, 0) is 48.0 Å². The van der Waals surface area contributed by atoms with Crippen molar-refractivity contribution in [2.24, 2.45) is 5.10 Å². The number of halogens is 1. The molecule has 0 spiro atoms. The average Bonchev–Trinajstić information content (AvgIpc) is 2.83. The van der Waals surface area contributed by atoms with Crippen molar-refractivity contribution in [1.29, 1.82) is 0 Å². The first kappa shape index (κ1) is 21.3. The van der Waals surface area contributed by atoms with Crippen LogP contribution in [0.25, 0.3) is 10.9 Å². The van der Waals surface area contributed by atoms with E-state index in [0.717, 1.165) is 22.0 Å². The number of hydrazone groups is 1. The number of hydrogen-bond acceptors (Lipinski definition) is 5. The lowest BCUT2D eigenvalue weighted by Crippen LogP contribution is -2.17. The zero-order chi connectivity index (χ0) is 22.3. The highest BCUT2D eigenvalue weighted by atomic mass is 35.5. The van der Waals surface area contributed by atoms with Crippen LogP contribution in [0.5, 0.6) is 11.5 Å². The molecule has 0 aliphatic heterocycles. The van der Waals surface area contributed by atoms with Gasteiger partial charge in [0.2, 0.25) is 0 Å². The van der Waals surface area contributed by atoms with E-state index in [1.807, 2.05) is 48.5 Å². The van der Waals surface area contributed by atoms with Crippen molar-refractivity contribution in [3.63, 3.8) is 0 Å². The Kier molecular flexibility index (Phi) is 6.63. The lowest BCUT2D eigenvalue weighted by Gasteiger charge is -2.12. The van der Waals surface area contributed by atoms with Gasteiger partial charge in [-0.15, -0.1) is 0 Å². The number of aromatic nitrogens is 1. The molecule has 0 aliphatic rings. The molecule has 0 saturated heterocycles. The molecule has 1 N–H and O–H groups in total. The number of amides is 1. The number of rotatable bonds is 7. The predicted molar refractivity (Wildman–Crippen MR) is 126 cm³/mol. The van der Waals surface area contributed by atoms with Crippen molar-refractivity contribution < 1.29 is 14.3 Å². The van der Waals surface area contributed by atoms with Crippen molar-refractivity contribution in [2.75, 3.05) is 7.11 Å². The summed E-state index contributed by atoms with van der Waals surface area (Å²) >= 11 is 6.05. The van der Waals surface area contributed by atoms with Crippen LogP contribution in [0.2, 0.25) is 5.02 Å². The largest absolute Gasteiger partial charge is 0.496 e. The second-order valence-corrected chi connectivity index (χ2v) is 7.28. The van der Waals surface area contributed by atoms with Gasteiger partial charge in [0.05, 0.1) is 23.9 Å². The predicted octanol–water partition coefficient (Wildman–Crippen LogP) is 5.24. The summed E-state index contributed by atoms with van der Waals surface area (Å²) in [5.74, 6) is 0.999. The van der Waals surface area contributed by atoms with E-state index in [0.29, 0.717) is 22.1 Å². The summed E-state index contributed by atoms with van der Waals surface area (Å²) in [5.41, 5.74) is 5.26. The number of methoxy groups -OCH3 is 1. The number of carbonyl (C=O) groups is 1. The fraction of sp³-hybridized carbons (Fsp3) is 0.0800. The molecule has 0 bridgehead atoms. The molecule has 0 unspecified atom stereocenters. The lowest BCUT2D eigenvalue weighted by molar-refractivity contribution is 0.0955. The van der Waals surface area contributed by atoms with Crippen LogP contribution >= 0.6 is 11.6 Å². The summed E-state index contributed by atoms with van der Waals surface area (Å²) in [5, 5.41) is 5.41. The van der Waals surface area contributed by atoms with E-state index in [2.05, 4.69) is 15.5 Å². The zero-order valence-electron chi connectivity index (χ0n) is 17.3. The Balaban J connectivity index is 1.48. The topological polar surface area (TPSA) is 72.8 Å². The molecule has 4 aromatic rings. The molecule has 4 rings (SSSR count). The fourth-order valence-corrected chi connectivity index (χ4v) is 3.43. The number of carbonyl (C=O) groups excluding carboxylic acids is 1. The van der Waals surface area contributed by atoms with E-state index in [9.17, 15) is 4.79 Å². The number of fused-ring (bicyclic) bond motifs is 1. The molecule has 0 radical (unpaired) electrons. The minimum Gasteiger partial charge on any atom is -0.496 e. The van der Waals surface area contributed by atoms with Crippen LogP contribution in [-0.4, -0.2) is 24.2 Å². The Bertz CT molecular complexity index is 1290.